The number of carbonyl (C=O) groups is 1. The Morgan fingerprint density at radius 3 is 2.13 bits per heavy atom. The maximum Gasteiger partial charge on any atom is 0.253 e. The lowest BCUT2D eigenvalue weighted by molar-refractivity contribution is 0.0784. The number of hydrogen-bond donors (Lipinski definition) is 0. The van der Waals surface area contributed by atoms with Crippen molar-refractivity contribution in [2.24, 2.45) is 0 Å². The molecule has 0 saturated heterocycles. The first-order valence-electron chi connectivity index (χ1n) is 9.58. The second-order valence-corrected chi connectivity index (χ2v) is 9.50. The Hall–Kier alpha value is -2.81. The topological polar surface area (TPSA) is 82.1 Å². The van der Waals surface area contributed by atoms with Gasteiger partial charge in [0.2, 0.25) is 5.75 Å². The molecule has 2 aromatic rings. The van der Waals surface area contributed by atoms with Crippen LogP contribution >= 0.6 is 0 Å². The van der Waals surface area contributed by atoms with Gasteiger partial charge in [0.05, 0.1) is 27.1 Å². The molecule has 2 aromatic carbocycles. The molecule has 0 bridgehead atoms. The van der Waals surface area contributed by atoms with Gasteiger partial charge in [-0.2, -0.15) is 0 Å². The van der Waals surface area contributed by atoms with Crippen molar-refractivity contribution in [1.82, 2.24) is 4.90 Å². The quantitative estimate of drug-likeness (QED) is 0.550. The monoisotopic (exact) mass is 453 g/mol. The van der Waals surface area contributed by atoms with Crippen LogP contribution in [0.15, 0.2) is 36.4 Å². The fourth-order valence-electron chi connectivity index (χ4n) is 3.35. The molecule has 31 heavy (non-hydrogen) atoms. The predicted molar refractivity (Wildman–Crippen MR) is 117 cm³/mol. The molecule has 0 heterocycles. The molecule has 0 radical (unpaired) electrons. The zero-order valence-electron chi connectivity index (χ0n) is 18.3. The van der Waals surface area contributed by atoms with E-state index in [2.05, 4.69) is 0 Å². The van der Waals surface area contributed by atoms with E-state index in [1.807, 2.05) is 0 Å². The van der Waals surface area contributed by atoms with E-state index in [-0.39, 0.29) is 24.6 Å². The van der Waals surface area contributed by atoms with Gasteiger partial charge >= 0.3 is 0 Å². The molecule has 9 heteroatoms. The van der Waals surface area contributed by atoms with Crippen molar-refractivity contribution in [2.75, 3.05) is 46.9 Å². The second-order valence-electron chi connectivity index (χ2n) is 7.24. The first-order valence-corrected chi connectivity index (χ1v) is 11.6. The number of methoxy groups -OCH3 is 3. The van der Waals surface area contributed by atoms with E-state index < -0.39 is 21.6 Å². The molecule has 0 fully saturated rings. The maximum atomic E-state index is 14.4. The molecule has 170 valence electrons. The van der Waals surface area contributed by atoms with Crippen LogP contribution in [0.3, 0.4) is 0 Å². The van der Waals surface area contributed by atoms with Crippen molar-refractivity contribution in [3.63, 3.8) is 0 Å². The summed E-state index contributed by atoms with van der Waals surface area (Å²) in [4.78, 5) is 14.5. The second kappa shape index (κ2) is 10.5. The number of benzene rings is 2. The van der Waals surface area contributed by atoms with Gasteiger partial charge < -0.3 is 19.1 Å². The van der Waals surface area contributed by atoms with E-state index >= 15 is 0 Å². The highest BCUT2D eigenvalue weighted by Crippen LogP contribution is 2.38. The molecule has 0 N–H and O–H groups in total. The summed E-state index contributed by atoms with van der Waals surface area (Å²) in [5, 5.41) is 0. The number of sulfone groups is 1. The summed E-state index contributed by atoms with van der Waals surface area (Å²) >= 11 is 0. The van der Waals surface area contributed by atoms with E-state index in [0.29, 0.717) is 28.4 Å². The third-order valence-electron chi connectivity index (χ3n) is 4.93. The summed E-state index contributed by atoms with van der Waals surface area (Å²) in [6.45, 7) is 0.131. The molecule has 7 nitrogen and oxygen atoms in total. The minimum Gasteiger partial charge on any atom is -0.493 e. The molecule has 0 aliphatic rings. The molecule has 0 spiro atoms. The Kier molecular flexibility index (Phi) is 8.27. The average molecular weight is 454 g/mol. The van der Waals surface area contributed by atoms with Crippen molar-refractivity contribution < 1.29 is 31.8 Å². The van der Waals surface area contributed by atoms with Crippen LogP contribution in [0.2, 0.25) is 0 Å². The van der Waals surface area contributed by atoms with Crippen LogP contribution in [-0.4, -0.2) is 66.2 Å². The fourth-order valence-corrected chi connectivity index (χ4v) is 4.06. The van der Waals surface area contributed by atoms with Crippen LogP contribution in [-0.2, 0) is 9.84 Å². The molecule has 1 atom stereocenters. The van der Waals surface area contributed by atoms with E-state index in [1.54, 1.807) is 25.2 Å². The largest absolute Gasteiger partial charge is 0.493 e. The van der Waals surface area contributed by atoms with Crippen molar-refractivity contribution in [3.05, 3.63) is 53.3 Å². The van der Waals surface area contributed by atoms with E-state index in [1.165, 1.54) is 44.4 Å². The molecular formula is C22H28FNO6S. The fraction of sp³-hybridized carbons (Fsp3) is 0.409. The first-order chi connectivity index (χ1) is 14.6. The number of rotatable bonds is 10. The standard InChI is InChI=1S/C22H28FNO6S/c1-24(22(25)16-12-19(28-2)21(30-4)20(13-16)29-3)14-15(10-11-31(5,26)27)17-8-6-7-9-18(17)23/h6-9,12-13,15H,10-11,14H2,1-5H3. The van der Waals surface area contributed by atoms with Gasteiger partial charge in [-0.05, 0) is 30.2 Å². The molecule has 0 saturated carbocycles. The van der Waals surface area contributed by atoms with Crippen LogP contribution in [0.1, 0.15) is 28.3 Å². The lowest BCUT2D eigenvalue weighted by atomic mass is 9.95. The zero-order chi connectivity index (χ0) is 23.2. The minimum atomic E-state index is -3.25. The number of nitrogens with zero attached hydrogens (tertiary/aromatic N) is 1. The third-order valence-corrected chi connectivity index (χ3v) is 5.91. The number of amides is 1. The van der Waals surface area contributed by atoms with Gasteiger partial charge in [0.25, 0.3) is 5.91 Å². The first kappa shape index (κ1) is 24.5. The summed E-state index contributed by atoms with van der Waals surface area (Å²) in [6, 6.07) is 9.26. The van der Waals surface area contributed by atoms with E-state index in [4.69, 9.17) is 14.2 Å². The molecule has 0 aromatic heterocycles. The molecule has 2 rings (SSSR count). The summed E-state index contributed by atoms with van der Waals surface area (Å²) in [7, 11) is 2.71. The van der Waals surface area contributed by atoms with Gasteiger partial charge in [0.1, 0.15) is 15.7 Å². The predicted octanol–water partition coefficient (Wildman–Crippen LogP) is 3.14. The highest BCUT2D eigenvalue weighted by molar-refractivity contribution is 7.90. The molecule has 0 aliphatic heterocycles. The number of carbonyl (C=O) groups excluding carboxylic acids is 1. The van der Waals surface area contributed by atoms with Crippen molar-refractivity contribution in [2.45, 2.75) is 12.3 Å². The van der Waals surface area contributed by atoms with Gasteiger partial charge in [-0.25, -0.2) is 12.8 Å². The zero-order valence-corrected chi connectivity index (χ0v) is 19.2. The van der Waals surface area contributed by atoms with E-state index in [0.717, 1.165) is 6.26 Å². The normalized spacial score (nSPS) is 12.2. The lowest BCUT2D eigenvalue weighted by Crippen LogP contribution is -2.32. The van der Waals surface area contributed by atoms with Crippen molar-refractivity contribution in [3.8, 4) is 17.2 Å². The number of likely N-dealkylation sites (N-methyl/N-ethyl adjacent to an activating group) is 1. The molecule has 0 aliphatic carbocycles. The van der Waals surface area contributed by atoms with Gasteiger partial charge in [-0.1, -0.05) is 18.2 Å². The number of halogens is 1. The SMILES string of the molecule is COc1cc(C(=O)N(C)CC(CCS(C)(=O)=O)c2ccccc2F)cc(OC)c1OC. The maximum absolute atomic E-state index is 14.4. The van der Waals surface area contributed by atoms with Crippen LogP contribution < -0.4 is 14.2 Å². The summed E-state index contributed by atoms with van der Waals surface area (Å²) in [5.74, 6) is -0.358. The summed E-state index contributed by atoms with van der Waals surface area (Å²) in [6.07, 6.45) is 1.32. The Labute approximate surface area is 182 Å². The van der Waals surface area contributed by atoms with Crippen LogP contribution in [0.25, 0.3) is 0 Å². The molecule has 1 amide bonds. The summed E-state index contributed by atoms with van der Waals surface area (Å²) in [5.41, 5.74) is 0.670. The van der Waals surface area contributed by atoms with Gasteiger partial charge in [0.15, 0.2) is 11.5 Å². The summed E-state index contributed by atoms with van der Waals surface area (Å²) < 4.78 is 53.7. The molecular weight excluding hydrogens is 425 g/mol. The number of ether oxygens (including phenoxy) is 3. The smallest absolute Gasteiger partial charge is 0.253 e. The van der Waals surface area contributed by atoms with Crippen LogP contribution in [0, 0.1) is 5.82 Å². The highest BCUT2D eigenvalue weighted by atomic mass is 32.2. The molecule has 1 unspecified atom stereocenters. The Morgan fingerprint density at radius 1 is 1.06 bits per heavy atom. The Balaban J connectivity index is 2.33. The third kappa shape index (κ3) is 6.33. The Bertz CT molecular complexity index is 999. The minimum absolute atomic E-state index is 0.113. The van der Waals surface area contributed by atoms with Gasteiger partial charge in [-0.3, -0.25) is 4.79 Å². The Morgan fingerprint density at radius 2 is 1.65 bits per heavy atom. The van der Waals surface area contributed by atoms with Crippen LogP contribution in [0.4, 0.5) is 4.39 Å². The van der Waals surface area contributed by atoms with Gasteiger partial charge in [-0.15, -0.1) is 0 Å². The van der Waals surface area contributed by atoms with E-state index in [9.17, 15) is 17.6 Å². The average Bonchev–Trinajstić information content (AvgIpc) is 2.74. The van der Waals surface area contributed by atoms with Crippen LogP contribution in [0.5, 0.6) is 17.2 Å². The van der Waals surface area contributed by atoms with Crippen molar-refractivity contribution in [1.29, 1.82) is 0 Å². The van der Waals surface area contributed by atoms with Crippen molar-refractivity contribution >= 4 is 15.7 Å². The van der Waals surface area contributed by atoms with Gasteiger partial charge in [0, 0.05) is 31.3 Å². The lowest BCUT2D eigenvalue weighted by Gasteiger charge is -2.25. The highest BCUT2D eigenvalue weighted by Gasteiger charge is 2.24. The number of hydrogen-bond acceptors (Lipinski definition) is 6.